The molecule has 0 aliphatic carbocycles. The molecule has 0 N–H and O–H groups in total. The van der Waals surface area contributed by atoms with Gasteiger partial charge in [-0.1, -0.05) is 18.2 Å². The predicted molar refractivity (Wildman–Crippen MR) is 92.1 cm³/mol. The number of ether oxygens (including phenoxy) is 2. The Morgan fingerprint density at radius 2 is 1.78 bits per heavy atom. The molecule has 1 fully saturated rings. The third-order valence-corrected chi connectivity index (χ3v) is 4.59. The van der Waals surface area contributed by atoms with Crippen LogP contribution >= 0.6 is 0 Å². The quantitative estimate of drug-likeness (QED) is 0.784. The highest BCUT2D eigenvalue weighted by molar-refractivity contribution is 5.20. The first-order valence-corrected chi connectivity index (χ1v) is 8.44. The Morgan fingerprint density at radius 3 is 2.52 bits per heavy atom. The van der Waals surface area contributed by atoms with E-state index in [4.69, 9.17) is 9.47 Å². The Kier molecular flexibility index (Phi) is 5.59. The summed E-state index contributed by atoms with van der Waals surface area (Å²) < 4.78 is 13.4. The van der Waals surface area contributed by atoms with Crippen LogP contribution in [0.4, 0.5) is 0 Å². The second-order valence-corrected chi connectivity index (χ2v) is 6.15. The average Bonchev–Trinajstić information content (AvgIpc) is 3.07. The third-order valence-electron chi connectivity index (χ3n) is 4.59. The molecule has 23 heavy (non-hydrogen) atoms. The third kappa shape index (κ3) is 4.52. The molecule has 4 heteroatoms. The number of methoxy groups -OCH3 is 1. The van der Waals surface area contributed by atoms with E-state index in [0.29, 0.717) is 5.92 Å². The Labute approximate surface area is 138 Å². The molecule has 3 rings (SSSR count). The number of aromatic nitrogens is 1. The Bertz CT molecular complexity index is 574. The normalized spacial score (nSPS) is 16.4. The average molecular weight is 314 g/mol. The van der Waals surface area contributed by atoms with E-state index in [0.717, 1.165) is 44.4 Å². The van der Waals surface area contributed by atoms with Gasteiger partial charge in [0.15, 0.2) is 5.88 Å². The van der Waals surface area contributed by atoms with Gasteiger partial charge in [-0.15, -0.1) is 0 Å². The monoisotopic (exact) mass is 314 g/mol. The number of nitrogens with zero attached hydrogens (tertiary/aromatic N) is 2. The van der Waals surface area contributed by atoms with Crippen molar-refractivity contribution in [2.24, 2.45) is 5.92 Å². The highest BCUT2D eigenvalue weighted by atomic mass is 16.5. The number of hydrogen-bond donors (Lipinski definition) is 0. The maximum Gasteiger partial charge on any atom is 0.193 e. The molecule has 1 saturated heterocycles. The molecule has 1 aliphatic rings. The minimum absolute atomic E-state index is 0.674. The summed E-state index contributed by atoms with van der Waals surface area (Å²) in [6, 6.07) is 14.2. The molecule has 1 aliphatic heterocycles. The molecule has 0 unspecified atom stereocenters. The van der Waals surface area contributed by atoms with Crippen LogP contribution in [0.1, 0.15) is 12.8 Å². The lowest BCUT2D eigenvalue weighted by Crippen LogP contribution is -2.37. The fraction of sp³-hybridized carbons (Fsp3) is 0.474. The topological polar surface area (TPSA) is 26.6 Å². The van der Waals surface area contributed by atoms with Gasteiger partial charge in [-0.2, -0.15) is 0 Å². The fourth-order valence-electron chi connectivity index (χ4n) is 3.13. The molecule has 1 aromatic carbocycles. The second kappa shape index (κ2) is 8.06. The molecule has 0 spiro atoms. The van der Waals surface area contributed by atoms with E-state index in [9.17, 15) is 0 Å². The molecular formula is C19H26N2O2. The van der Waals surface area contributed by atoms with Crippen LogP contribution in [-0.4, -0.2) is 42.8 Å². The molecule has 1 aromatic heterocycles. The lowest BCUT2D eigenvalue weighted by Gasteiger charge is -2.32. The van der Waals surface area contributed by atoms with Crippen molar-refractivity contribution in [3.8, 4) is 11.6 Å². The molecule has 2 aromatic rings. The molecule has 124 valence electrons. The van der Waals surface area contributed by atoms with Gasteiger partial charge in [0.2, 0.25) is 0 Å². The molecule has 0 atom stereocenters. The predicted octanol–water partition coefficient (Wildman–Crippen LogP) is 3.29. The zero-order valence-corrected chi connectivity index (χ0v) is 13.9. The first-order valence-electron chi connectivity index (χ1n) is 8.44. The first-order chi connectivity index (χ1) is 11.3. The SMILES string of the molecule is COc1cccn1CCN1CCC(COc2ccccc2)CC1. The summed E-state index contributed by atoms with van der Waals surface area (Å²) in [5.74, 6) is 2.60. The highest BCUT2D eigenvalue weighted by Crippen LogP contribution is 2.20. The summed E-state index contributed by atoms with van der Waals surface area (Å²) in [7, 11) is 1.73. The molecule has 0 bridgehead atoms. The molecular weight excluding hydrogens is 288 g/mol. The molecule has 0 amide bonds. The van der Waals surface area contributed by atoms with Gasteiger partial charge < -0.3 is 18.9 Å². The lowest BCUT2D eigenvalue weighted by atomic mass is 9.98. The van der Waals surface area contributed by atoms with Crippen LogP contribution < -0.4 is 9.47 Å². The van der Waals surface area contributed by atoms with Gasteiger partial charge in [0, 0.05) is 19.3 Å². The molecule has 0 saturated carbocycles. The molecule has 0 radical (unpaired) electrons. The minimum Gasteiger partial charge on any atom is -0.493 e. The minimum atomic E-state index is 0.674. The smallest absolute Gasteiger partial charge is 0.193 e. The van der Waals surface area contributed by atoms with Crippen LogP contribution in [0.3, 0.4) is 0 Å². The summed E-state index contributed by atoms with van der Waals surface area (Å²) in [6.07, 6.45) is 4.52. The van der Waals surface area contributed by atoms with Gasteiger partial charge >= 0.3 is 0 Å². The van der Waals surface area contributed by atoms with Crippen molar-refractivity contribution in [1.29, 1.82) is 0 Å². The van der Waals surface area contributed by atoms with Gasteiger partial charge in [0.1, 0.15) is 5.75 Å². The van der Waals surface area contributed by atoms with Gasteiger partial charge in [0.25, 0.3) is 0 Å². The van der Waals surface area contributed by atoms with Crippen molar-refractivity contribution in [2.75, 3.05) is 33.4 Å². The van der Waals surface area contributed by atoms with Crippen LogP contribution in [0, 0.1) is 5.92 Å². The second-order valence-electron chi connectivity index (χ2n) is 6.15. The lowest BCUT2D eigenvalue weighted by molar-refractivity contribution is 0.137. The van der Waals surface area contributed by atoms with Crippen molar-refractivity contribution in [3.63, 3.8) is 0 Å². The first kappa shape index (κ1) is 15.9. The van der Waals surface area contributed by atoms with Crippen molar-refractivity contribution in [3.05, 3.63) is 48.7 Å². The number of benzene rings is 1. The van der Waals surface area contributed by atoms with E-state index in [1.54, 1.807) is 7.11 Å². The van der Waals surface area contributed by atoms with Crippen molar-refractivity contribution >= 4 is 0 Å². The fourth-order valence-corrected chi connectivity index (χ4v) is 3.13. The van der Waals surface area contributed by atoms with Crippen LogP contribution in [0.15, 0.2) is 48.7 Å². The van der Waals surface area contributed by atoms with Crippen molar-refractivity contribution in [2.45, 2.75) is 19.4 Å². The zero-order chi connectivity index (χ0) is 15.9. The van der Waals surface area contributed by atoms with Crippen LogP contribution in [-0.2, 0) is 6.54 Å². The van der Waals surface area contributed by atoms with E-state index >= 15 is 0 Å². The summed E-state index contributed by atoms with van der Waals surface area (Å²) in [6.45, 7) is 5.22. The van der Waals surface area contributed by atoms with Crippen LogP contribution in [0.2, 0.25) is 0 Å². The van der Waals surface area contributed by atoms with E-state index in [1.807, 2.05) is 42.5 Å². The Balaban J connectivity index is 1.37. The van der Waals surface area contributed by atoms with E-state index in [2.05, 4.69) is 15.7 Å². The van der Waals surface area contributed by atoms with E-state index < -0.39 is 0 Å². The summed E-state index contributed by atoms with van der Waals surface area (Å²) in [4.78, 5) is 2.54. The highest BCUT2D eigenvalue weighted by Gasteiger charge is 2.19. The van der Waals surface area contributed by atoms with Gasteiger partial charge in [-0.3, -0.25) is 0 Å². The van der Waals surface area contributed by atoms with Crippen LogP contribution in [0.5, 0.6) is 11.6 Å². The maximum absolute atomic E-state index is 5.89. The van der Waals surface area contributed by atoms with Crippen molar-refractivity contribution in [1.82, 2.24) is 9.47 Å². The van der Waals surface area contributed by atoms with Crippen LogP contribution in [0.25, 0.3) is 0 Å². The Hall–Kier alpha value is -1.94. The standard InChI is InChI=1S/C19H26N2O2/c1-22-19-8-5-11-21(19)15-14-20-12-9-17(10-13-20)16-23-18-6-3-2-4-7-18/h2-8,11,17H,9-10,12-16H2,1H3. The summed E-state index contributed by atoms with van der Waals surface area (Å²) in [5.41, 5.74) is 0. The summed E-state index contributed by atoms with van der Waals surface area (Å²) >= 11 is 0. The van der Waals surface area contributed by atoms with Gasteiger partial charge in [-0.05, 0) is 56.1 Å². The van der Waals surface area contributed by atoms with Gasteiger partial charge in [-0.25, -0.2) is 0 Å². The van der Waals surface area contributed by atoms with E-state index in [-0.39, 0.29) is 0 Å². The van der Waals surface area contributed by atoms with Gasteiger partial charge in [0.05, 0.1) is 13.7 Å². The molecule has 2 heterocycles. The number of hydrogen-bond acceptors (Lipinski definition) is 3. The number of para-hydroxylation sites is 1. The summed E-state index contributed by atoms with van der Waals surface area (Å²) in [5, 5.41) is 0. The number of likely N-dealkylation sites (tertiary alicyclic amines) is 1. The zero-order valence-electron chi connectivity index (χ0n) is 13.9. The largest absolute Gasteiger partial charge is 0.493 e. The van der Waals surface area contributed by atoms with E-state index in [1.165, 1.54) is 12.8 Å². The number of rotatable bonds is 7. The van der Waals surface area contributed by atoms with Crippen molar-refractivity contribution < 1.29 is 9.47 Å². The number of piperidine rings is 1. The maximum atomic E-state index is 5.89. The Morgan fingerprint density at radius 1 is 1.00 bits per heavy atom. The molecule has 4 nitrogen and oxygen atoms in total.